The second-order valence-electron chi connectivity index (χ2n) is 11.8. The van der Waals surface area contributed by atoms with Crippen LogP contribution in [0.5, 0.6) is 0 Å². The molecule has 1 saturated heterocycles. The summed E-state index contributed by atoms with van der Waals surface area (Å²) in [7, 11) is 0. The van der Waals surface area contributed by atoms with Gasteiger partial charge in [0.2, 0.25) is 5.91 Å². The quantitative estimate of drug-likeness (QED) is 0.324. The first-order valence-corrected chi connectivity index (χ1v) is 15.4. The van der Waals surface area contributed by atoms with Crippen LogP contribution in [0.15, 0.2) is 36.4 Å². The number of amides is 3. The number of carbonyl (C=O) groups is 3. The zero-order valence-electron chi connectivity index (χ0n) is 25.1. The average molecular weight is 571 g/mol. The van der Waals surface area contributed by atoms with E-state index in [4.69, 9.17) is 15.3 Å². The van der Waals surface area contributed by atoms with E-state index in [2.05, 4.69) is 19.3 Å². The highest BCUT2D eigenvalue weighted by Crippen LogP contribution is 2.27. The van der Waals surface area contributed by atoms with E-state index in [1.54, 1.807) is 6.92 Å². The van der Waals surface area contributed by atoms with Gasteiger partial charge in [0.05, 0.1) is 6.04 Å². The molecule has 228 valence electrons. The van der Waals surface area contributed by atoms with Crippen molar-refractivity contribution in [1.82, 2.24) is 15.5 Å². The summed E-state index contributed by atoms with van der Waals surface area (Å²) in [4.78, 5) is 47.1. The van der Waals surface area contributed by atoms with Crippen LogP contribution in [0.4, 0.5) is 0 Å². The van der Waals surface area contributed by atoms with Gasteiger partial charge in [-0.1, -0.05) is 75.6 Å². The number of carbonyl (C=O) groups excluding carboxylic acids is 3. The Morgan fingerprint density at radius 1 is 1.05 bits per heavy atom. The van der Waals surface area contributed by atoms with E-state index >= 15 is 0 Å². The van der Waals surface area contributed by atoms with Crippen LogP contribution in [0, 0.1) is 11.8 Å². The SMILES string of the molecule is CC(C)CCC(=O)N([C@@H](CC=Cc1ccccc1)C(=O)NOC1CCCCO1)N(CC1CCCCC1)C(=O)[C@@H](C)N. The number of nitrogens with two attached hydrogens (primary N) is 1. The topological polar surface area (TPSA) is 114 Å². The largest absolute Gasteiger partial charge is 0.350 e. The van der Waals surface area contributed by atoms with Crippen molar-refractivity contribution < 1.29 is 24.0 Å². The van der Waals surface area contributed by atoms with Gasteiger partial charge in [0.1, 0.15) is 6.04 Å². The van der Waals surface area contributed by atoms with E-state index < -0.39 is 24.3 Å². The molecule has 0 spiro atoms. The first-order valence-electron chi connectivity index (χ1n) is 15.4. The van der Waals surface area contributed by atoms with Crippen molar-refractivity contribution >= 4 is 23.8 Å². The van der Waals surface area contributed by atoms with E-state index in [0.29, 0.717) is 26.0 Å². The molecule has 2 aliphatic rings. The summed E-state index contributed by atoms with van der Waals surface area (Å²) in [5.41, 5.74) is 9.67. The molecule has 1 aliphatic carbocycles. The minimum Gasteiger partial charge on any atom is -0.350 e. The summed E-state index contributed by atoms with van der Waals surface area (Å²) < 4.78 is 5.63. The fraction of sp³-hybridized carbons (Fsp3) is 0.656. The van der Waals surface area contributed by atoms with Crippen LogP contribution in [0.2, 0.25) is 0 Å². The highest BCUT2D eigenvalue weighted by Gasteiger charge is 2.38. The van der Waals surface area contributed by atoms with Crippen LogP contribution in [-0.4, -0.2) is 59.3 Å². The number of nitrogens with one attached hydrogen (secondary N) is 1. The van der Waals surface area contributed by atoms with Gasteiger partial charge >= 0.3 is 0 Å². The van der Waals surface area contributed by atoms with Crippen molar-refractivity contribution in [1.29, 1.82) is 0 Å². The minimum atomic E-state index is -1.01. The van der Waals surface area contributed by atoms with Crippen LogP contribution < -0.4 is 11.2 Å². The van der Waals surface area contributed by atoms with Gasteiger partial charge in [0.25, 0.3) is 11.8 Å². The predicted molar refractivity (Wildman–Crippen MR) is 160 cm³/mol. The molecule has 1 aromatic carbocycles. The molecule has 1 unspecified atom stereocenters. The molecular weight excluding hydrogens is 520 g/mol. The number of hydrogen-bond donors (Lipinski definition) is 2. The number of hydrazine groups is 1. The standard InChI is InChI=1S/C32H50N4O5/c1-24(2)20-21-29(37)36(35(32(39)25(3)33)23-27-15-8-5-9-16-27)28(18-12-17-26-13-6-4-7-14-26)31(38)34-41-30-19-10-11-22-40-30/h4,6-7,12-14,17,24-25,27-28,30H,5,8-11,15-16,18-23,33H2,1-3H3,(H,34,38)/t25-,28+,30?/m1/s1. The molecule has 0 aromatic heterocycles. The summed E-state index contributed by atoms with van der Waals surface area (Å²) in [5, 5.41) is 2.86. The lowest BCUT2D eigenvalue weighted by atomic mass is 9.89. The number of nitrogens with zero attached hydrogens (tertiary/aromatic N) is 2. The first kappa shape index (κ1) is 32.8. The van der Waals surface area contributed by atoms with Gasteiger partial charge in [0, 0.05) is 26.0 Å². The molecule has 3 rings (SSSR count). The molecule has 2 fully saturated rings. The van der Waals surface area contributed by atoms with Crippen molar-refractivity contribution in [3.8, 4) is 0 Å². The first-order chi connectivity index (χ1) is 19.8. The summed E-state index contributed by atoms with van der Waals surface area (Å²) in [6.45, 7) is 6.65. The second-order valence-corrected chi connectivity index (χ2v) is 11.8. The maximum atomic E-state index is 14.0. The Balaban J connectivity index is 1.94. The lowest BCUT2D eigenvalue weighted by Gasteiger charge is -2.42. The normalized spacial score (nSPS) is 19.6. The Morgan fingerprint density at radius 2 is 1.76 bits per heavy atom. The molecule has 3 N–H and O–H groups in total. The Bertz CT molecular complexity index is 972. The maximum absolute atomic E-state index is 14.0. The third-order valence-corrected chi connectivity index (χ3v) is 7.75. The minimum absolute atomic E-state index is 0.191. The predicted octanol–water partition coefficient (Wildman–Crippen LogP) is 4.97. The van der Waals surface area contributed by atoms with E-state index in [1.807, 2.05) is 42.5 Å². The van der Waals surface area contributed by atoms with Crippen LogP contribution in [0.3, 0.4) is 0 Å². The van der Waals surface area contributed by atoms with E-state index in [-0.39, 0.29) is 36.5 Å². The molecule has 9 nitrogen and oxygen atoms in total. The summed E-state index contributed by atoms with van der Waals surface area (Å²) >= 11 is 0. The number of benzene rings is 1. The zero-order valence-corrected chi connectivity index (χ0v) is 25.1. The monoisotopic (exact) mass is 570 g/mol. The average Bonchev–Trinajstić information content (AvgIpc) is 2.98. The van der Waals surface area contributed by atoms with Crippen molar-refractivity contribution in [2.75, 3.05) is 13.2 Å². The Labute approximate surface area is 245 Å². The van der Waals surface area contributed by atoms with Crippen molar-refractivity contribution in [3.05, 3.63) is 42.0 Å². The van der Waals surface area contributed by atoms with Gasteiger partial charge in [-0.15, -0.1) is 0 Å². The van der Waals surface area contributed by atoms with E-state index in [0.717, 1.165) is 44.1 Å². The smallest absolute Gasteiger partial charge is 0.268 e. The molecule has 3 atom stereocenters. The second kappa shape index (κ2) is 17.3. The zero-order chi connectivity index (χ0) is 29.6. The third kappa shape index (κ3) is 10.9. The van der Waals surface area contributed by atoms with Gasteiger partial charge in [-0.2, -0.15) is 0 Å². The van der Waals surface area contributed by atoms with Gasteiger partial charge in [-0.05, 0) is 62.8 Å². The molecular formula is C32H50N4O5. The van der Waals surface area contributed by atoms with Gasteiger partial charge in [-0.3, -0.25) is 14.4 Å². The summed E-state index contributed by atoms with van der Waals surface area (Å²) in [6, 6.07) is 7.92. The van der Waals surface area contributed by atoms with Gasteiger partial charge in [0.15, 0.2) is 6.29 Å². The third-order valence-electron chi connectivity index (χ3n) is 7.75. The molecule has 1 heterocycles. The molecule has 1 saturated carbocycles. The van der Waals surface area contributed by atoms with Crippen LogP contribution in [-0.2, 0) is 24.0 Å². The molecule has 1 aromatic rings. The molecule has 3 amide bonds. The van der Waals surface area contributed by atoms with Gasteiger partial charge < -0.3 is 10.5 Å². The van der Waals surface area contributed by atoms with Crippen LogP contribution in [0.25, 0.3) is 6.08 Å². The fourth-order valence-corrected chi connectivity index (χ4v) is 5.35. The lowest BCUT2D eigenvalue weighted by molar-refractivity contribution is -0.206. The molecule has 1 aliphatic heterocycles. The van der Waals surface area contributed by atoms with Crippen molar-refractivity contribution in [2.24, 2.45) is 17.6 Å². The highest BCUT2D eigenvalue weighted by molar-refractivity contribution is 5.90. The number of ether oxygens (including phenoxy) is 1. The van der Waals surface area contributed by atoms with Crippen molar-refractivity contribution in [3.63, 3.8) is 0 Å². The highest BCUT2D eigenvalue weighted by atomic mass is 16.8. The van der Waals surface area contributed by atoms with E-state index in [1.165, 1.54) is 16.4 Å². The molecule has 41 heavy (non-hydrogen) atoms. The van der Waals surface area contributed by atoms with Crippen molar-refractivity contribution in [2.45, 2.75) is 110 Å². The fourth-order valence-electron chi connectivity index (χ4n) is 5.35. The molecule has 0 bridgehead atoms. The number of rotatable bonds is 13. The number of hydroxylamine groups is 1. The molecule has 0 radical (unpaired) electrons. The van der Waals surface area contributed by atoms with Crippen LogP contribution in [0.1, 0.15) is 97.0 Å². The Morgan fingerprint density at radius 3 is 2.39 bits per heavy atom. The van der Waals surface area contributed by atoms with Gasteiger partial charge in [-0.25, -0.2) is 20.3 Å². The Hall–Kier alpha value is -2.75. The number of hydrogen-bond acceptors (Lipinski definition) is 6. The lowest BCUT2D eigenvalue weighted by Crippen LogP contribution is -2.62. The van der Waals surface area contributed by atoms with Crippen LogP contribution >= 0.6 is 0 Å². The molecule has 9 heteroatoms. The maximum Gasteiger partial charge on any atom is 0.268 e. The Kier molecular flexibility index (Phi) is 13.8. The summed E-state index contributed by atoms with van der Waals surface area (Å²) in [6.07, 6.45) is 12.2. The van der Waals surface area contributed by atoms with E-state index in [9.17, 15) is 14.4 Å². The summed E-state index contributed by atoms with van der Waals surface area (Å²) in [5.74, 6) is -0.613.